The number of amides is 1. The van der Waals surface area contributed by atoms with Gasteiger partial charge >= 0.3 is 0 Å². The Morgan fingerprint density at radius 3 is 2.74 bits per heavy atom. The zero-order valence-electron chi connectivity index (χ0n) is 10.4. The van der Waals surface area contributed by atoms with E-state index in [4.69, 9.17) is 18.0 Å². The maximum Gasteiger partial charge on any atom is 0.261 e. The normalized spacial score (nSPS) is 17.3. The highest BCUT2D eigenvalue weighted by molar-refractivity contribution is 9.11. The van der Waals surface area contributed by atoms with E-state index in [0.717, 1.165) is 34.6 Å². The third-order valence-corrected chi connectivity index (χ3v) is 4.85. The van der Waals surface area contributed by atoms with E-state index < -0.39 is 0 Å². The lowest BCUT2D eigenvalue weighted by atomic mass is 10.1. The first-order valence-corrected chi connectivity index (χ1v) is 8.13. The summed E-state index contributed by atoms with van der Waals surface area (Å²) in [6, 6.07) is 3.98. The van der Waals surface area contributed by atoms with Crippen LogP contribution in [-0.4, -0.2) is 41.5 Å². The van der Waals surface area contributed by atoms with Crippen molar-refractivity contribution in [1.82, 2.24) is 10.2 Å². The number of carbonyl (C=O) groups excluding carboxylic acids is 1. The Kier molecular flexibility index (Phi) is 5.32. The molecule has 0 unspecified atom stereocenters. The number of halogens is 1. The minimum Gasteiger partial charge on any atom is -0.392 e. The molecule has 3 N–H and O–H groups in total. The summed E-state index contributed by atoms with van der Waals surface area (Å²) in [6.07, 6.45) is 1.89. The summed E-state index contributed by atoms with van der Waals surface area (Å²) in [7, 11) is 0. The molecular formula is C12H16BrN3OS2. The van der Waals surface area contributed by atoms with Crippen LogP contribution in [0.4, 0.5) is 0 Å². The number of hydrogen-bond donors (Lipinski definition) is 2. The lowest BCUT2D eigenvalue weighted by Gasteiger charge is -2.31. The fraction of sp³-hybridized carbons (Fsp3) is 0.500. The van der Waals surface area contributed by atoms with Gasteiger partial charge in [-0.05, 0) is 40.9 Å². The maximum absolute atomic E-state index is 12.0. The van der Waals surface area contributed by atoms with Crippen molar-refractivity contribution in [1.29, 1.82) is 0 Å². The van der Waals surface area contributed by atoms with E-state index in [9.17, 15) is 4.79 Å². The quantitative estimate of drug-likeness (QED) is 0.805. The van der Waals surface area contributed by atoms with Gasteiger partial charge in [-0.15, -0.1) is 11.3 Å². The van der Waals surface area contributed by atoms with E-state index in [2.05, 4.69) is 26.1 Å². The lowest BCUT2D eigenvalue weighted by Crippen LogP contribution is -2.46. The van der Waals surface area contributed by atoms with Crippen molar-refractivity contribution < 1.29 is 4.79 Å². The molecule has 1 amide bonds. The molecule has 19 heavy (non-hydrogen) atoms. The number of hydrogen-bond acceptors (Lipinski definition) is 4. The van der Waals surface area contributed by atoms with Gasteiger partial charge in [0.25, 0.3) is 5.91 Å². The topological polar surface area (TPSA) is 58.4 Å². The number of piperidine rings is 1. The van der Waals surface area contributed by atoms with E-state index in [1.807, 2.05) is 12.1 Å². The second kappa shape index (κ2) is 6.78. The van der Waals surface area contributed by atoms with Crippen LogP contribution in [0.2, 0.25) is 0 Å². The van der Waals surface area contributed by atoms with Gasteiger partial charge in [-0.2, -0.15) is 0 Å². The number of thiophene rings is 1. The minimum atomic E-state index is 0.0171. The fourth-order valence-corrected chi connectivity index (χ4v) is 3.62. The molecule has 0 saturated carbocycles. The summed E-state index contributed by atoms with van der Waals surface area (Å²) in [5.41, 5.74) is 5.53. The Balaban J connectivity index is 1.79. The highest BCUT2D eigenvalue weighted by atomic mass is 79.9. The molecule has 1 fully saturated rings. The number of nitrogens with two attached hydrogens (primary N) is 1. The van der Waals surface area contributed by atoms with Gasteiger partial charge in [0.1, 0.15) is 0 Å². The van der Waals surface area contributed by atoms with Gasteiger partial charge in [-0.3, -0.25) is 9.69 Å². The first-order chi connectivity index (χ1) is 9.04. The second-order valence-corrected chi connectivity index (χ2v) is 7.58. The molecule has 2 heterocycles. The van der Waals surface area contributed by atoms with Crippen LogP contribution >= 0.6 is 39.5 Å². The van der Waals surface area contributed by atoms with Crippen LogP contribution in [0.25, 0.3) is 0 Å². The van der Waals surface area contributed by atoms with Crippen molar-refractivity contribution >= 4 is 50.4 Å². The van der Waals surface area contributed by atoms with Crippen LogP contribution in [0.5, 0.6) is 0 Å². The molecular weight excluding hydrogens is 346 g/mol. The van der Waals surface area contributed by atoms with E-state index >= 15 is 0 Å². The van der Waals surface area contributed by atoms with Gasteiger partial charge in [-0.25, -0.2) is 0 Å². The Morgan fingerprint density at radius 2 is 2.21 bits per heavy atom. The number of nitrogens with zero attached hydrogens (tertiary/aromatic N) is 1. The van der Waals surface area contributed by atoms with Crippen molar-refractivity contribution in [2.75, 3.05) is 19.6 Å². The van der Waals surface area contributed by atoms with Gasteiger partial charge in [0.2, 0.25) is 0 Å². The van der Waals surface area contributed by atoms with Crippen LogP contribution in [-0.2, 0) is 0 Å². The van der Waals surface area contributed by atoms with E-state index in [-0.39, 0.29) is 11.9 Å². The van der Waals surface area contributed by atoms with E-state index in [0.29, 0.717) is 11.5 Å². The Morgan fingerprint density at radius 1 is 1.53 bits per heavy atom. The molecule has 1 aromatic heterocycles. The van der Waals surface area contributed by atoms with Crippen molar-refractivity contribution in [2.24, 2.45) is 5.73 Å². The summed E-state index contributed by atoms with van der Waals surface area (Å²) >= 11 is 9.72. The molecule has 1 aliphatic heterocycles. The first kappa shape index (κ1) is 14.9. The third-order valence-electron chi connectivity index (χ3n) is 3.10. The third kappa shape index (κ3) is 4.52. The van der Waals surface area contributed by atoms with Crippen molar-refractivity contribution in [3.8, 4) is 0 Å². The summed E-state index contributed by atoms with van der Waals surface area (Å²) in [5, 5.41) is 3.08. The molecule has 4 nitrogen and oxygen atoms in total. The number of nitrogens with one attached hydrogen (secondary N) is 1. The zero-order valence-corrected chi connectivity index (χ0v) is 13.6. The molecule has 2 rings (SSSR count). The molecule has 0 bridgehead atoms. The van der Waals surface area contributed by atoms with Crippen LogP contribution < -0.4 is 11.1 Å². The Bertz CT molecular complexity index is 469. The van der Waals surface area contributed by atoms with Crippen LogP contribution in [0, 0.1) is 0 Å². The van der Waals surface area contributed by atoms with Gasteiger partial charge < -0.3 is 11.1 Å². The molecule has 1 aliphatic rings. The molecule has 1 aromatic rings. The van der Waals surface area contributed by atoms with E-state index in [1.54, 1.807) is 0 Å². The molecule has 0 aliphatic carbocycles. The largest absolute Gasteiger partial charge is 0.392 e. The van der Waals surface area contributed by atoms with Gasteiger partial charge in [-0.1, -0.05) is 12.2 Å². The Labute approximate surface area is 130 Å². The number of rotatable bonds is 4. The molecule has 104 valence electrons. The molecule has 0 aromatic carbocycles. The van der Waals surface area contributed by atoms with Gasteiger partial charge in [0.05, 0.1) is 13.7 Å². The monoisotopic (exact) mass is 361 g/mol. The SMILES string of the molecule is NC(=S)CN1CCC(NC(=O)c2ccc(Br)s2)CC1. The second-order valence-electron chi connectivity index (χ2n) is 4.59. The van der Waals surface area contributed by atoms with Crippen molar-refractivity contribution in [3.05, 3.63) is 20.8 Å². The predicted octanol–water partition coefficient (Wildman–Crippen LogP) is 1.99. The first-order valence-electron chi connectivity index (χ1n) is 6.11. The number of carbonyl (C=O) groups is 1. The van der Waals surface area contributed by atoms with Crippen molar-refractivity contribution in [3.63, 3.8) is 0 Å². The summed E-state index contributed by atoms with van der Waals surface area (Å²) in [4.78, 5) is 15.5. The summed E-state index contributed by atoms with van der Waals surface area (Å²) in [6.45, 7) is 2.53. The standard InChI is InChI=1S/C12H16BrN3OS2/c13-10-2-1-9(19-10)12(17)15-8-3-5-16(6-4-8)7-11(14)18/h1-2,8H,3-7H2,(H2,14,18)(H,15,17). The number of likely N-dealkylation sites (tertiary alicyclic amines) is 1. The summed E-state index contributed by atoms with van der Waals surface area (Å²) < 4.78 is 0.976. The van der Waals surface area contributed by atoms with Crippen LogP contribution in [0.1, 0.15) is 22.5 Å². The molecule has 1 saturated heterocycles. The highest BCUT2D eigenvalue weighted by Crippen LogP contribution is 2.22. The van der Waals surface area contributed by atoms with E-state index in [1.165, 1.54) is 11.3 Å². The van der Waals surface area contributed by atoms with Crippen LogP contribution in [0.3, 0.4) is 0 Å². The summed E-state index contributed by atoms with van der Waals surface area (Å²) in [5.74, 6) is 0.0171. The van der Waals surface area contributed by atoms with Crippen LogP contribution in [0.15, 0.2) is 15.9 Å². The molecule has 0 radical (unpaired) electrons. The molecule has 7 heteroatoms. The average molecular weight is 362 g/mol. The van der Waals surface area contributed by atoms with Gasteiger partial charge in [0.15, 0.2) is 0 Å². The van der Waals surface area contributed by atoms with Crippen molar-refractivity contribution in [2.45, 2.75) is 18.9 Å². The number of thiocarbonyl (C=S) groups is 1. The smallest absolute Gasteiger partial charge is 0.261 e. The average Bonchev–Trinajstić information content (AvgIpc) is 2.78. The maximum atomic E-state index is 12.0. The molecule has 0 atom stereocenters. The zero-order chi connectivity index (χ0) is 13.8. The minimum absolute atomic E-state index is 0.0171. The predicted molar refractivity (Wildman–Crippen MR) is 85.7 cm³/mol. The van der Waals surface area contributed by atoms with Gasteiger partial charge in [0, 0.05) is 25.7 Å². The highest BCUT2D eigenvalue weighted by Gasteiger charge is 2.21. The molecule has 0 spiro atoms. The lowest BCUT2D eigenvalue weighted by molar-refractivity contribution is 0.0919. The fourth-order valence-electron chi connectivity index (χ4n) is 2.15. The Hall–Kier alpha value is -0.500.